The number of halogens is 5. The molecule has 0 saturated heterocycles. The number of ether oxygens (including phenoxy) is 1. The van der Waals surface area contributed by atoms with Crippen molar-refractivity contribution >= 4 is 40.8 Å². The molecule has 0 heterocycles. The van der Waals surface area contributed by atoms with Crippen molar-refractivity contribution in [2.75, 3.05) is 49.4 Å². The average molecular weight is 448 g/mol. The smallest absolute Gasteiger partial charge is 0.484 e. The van der Waals surface area contributed by atoms with Crippen LogP contribution in [0, 0.1) is 0 Å². The number of nitrogens with zero attached hydrogens (tertiary/aromatic N) is 1. The number of carboxylic acids is 1. The van der Waals surface area contributed by atoms with Crippen molar-refractivity contribution in [3.05, 3.63) is 24.3 Å². The Morgan fingerprint density at radius 3 is 2.04 bits per heavy atom. The van der Waals surface area contributed by atoms with Gasteiger partial charge >= 0.3 is 12.1 Å². The van der Waals surface area contributed by atoms with E-state index in [4.69, 9.17) is 43.6 Å². The van der Waals surface area contributed by atoms with Crippen molar-refractivity contribution in [2.24, 2.45) is 5.73 Å². The minimum Gasteiger partial charge on any atom is -0.484 e. The lowest BCUT2D eigenvalue weighted by Gasteiger charge is -2.23. The van der Waals surface area contributed by atoms with Crippen LogP contribution in [0.25, 0.3) is 0 Å². The highest BCUT2D eigenvalue weighted by molar-refractivity contribution is 6.18. The Morgan fingerprint density at radius 2 is 1.64 bits per heavy atom. The predicted octanol–water partition coefficient (Wildman–Crippen LogP) is 2.06. The van der Waals surface area contributed by atoms with Crippen LogP contribution in [-0.4, -0.2) is 67.7 Å². The number of hydrogen-bond donors (Lipinski definition) is 3. The van der Waals surface area contributed by atoms with Gasteiger partial charge in [0.1, 0.15) is 5.75 Å². The van der Waals surface area contributed by atoms with Gasteiger partial charge in [0.15, 0.2) is 6.61 Å². The minimum absolute atomic E-state index is 0.0214. The lowest BCUT2D eigenvalue weighted by molar-refractivity contribution is -0.192. The first kappa shape index (κ1) is 26.1. The van der Waals surface area contributed by atoms with Gasteiger partial charge in [-0.1, -0.05) is 0 Å². The lowest BCUT2D eigenvalue weighted by Crippen LogP contribution is -2.32. The molecule has 0 bridgehead atoms. The fourth-order valence-electron chi connectivity index (χ4n) is 1.74. The first-order valence-corrected chi connectivity index (χ1v) is 9.09. The van der Waals surface area contributed by atoms with Gasteiger partial charge in [-0.2, -0.15) is 13.2 Å². The molecule has 0 aliphatic heterocycles. The molecule has 0 atom stereocenters. The summed E-state index contributed by atoms with van der Waals surface area (Å²) in [6.45, 7) is 2.31. The quantitative estimate of drug-likeness (QED) is 0.474. The maximum absolute atomic E-state index is 11.4. The molecule has 0 spiro atoms. The molecular formula is C16H22Cl2F3N3O4. The van der Waals surface area contributed by atoms with Crippen molar-refractivity contribution in [3.63, 3.8) is 0 Å². The largest absolute Gasteiger partial charge is 0.490 e. The van der Waals surface area contributed by atoms with Gasteiger partial charge in [0.2, 0.25) is 0 Å². The molecule has 7 nitrogen and oxygen atoms in total. The summed E-state index contributed by atoms with van der Waals surface area (Å²) >= 11 is 11.6. The molecule has 4 N–H and O–H groups in total. The Morgan fingerprint density at radius 1 is 1.14 bits per heavy atom. The number of carboxylic acid groups (broad SMARTS) is 1. The first-order chi connectivity index (χ1) is 13.1. The first-order valence-electron chi connectivity index (χ1n) is 8.02. The molecule has 0 aliphatic rings. The fourth-order valence-corrected chi connectivity index (χ4v) is 2.15. The molecule has 160 valence electrons. The predicted molar refractivity (Wildman–Crippen MR) is 101 cm³/mol. The molecule has 1 aromatic rings. The molecule has 0 radical (unpaired) electrons. The Hall–Kier alpha value is -1.91. The van der Waals surface area contributed by atoms with E-state index in [2.05, 4.69) is 10.2 Å². The van der Waals surface area contributed by atoms with Crippen LogP contribution in [0.15, 0.2) is 24.3 Å². The van der Waals surface area contributed by atoms with Crippen LogP contribution >= 0.6 is 23.2 Å². The van der Waals surface area contributed by atoms with Crippen LogP contribution in [0.1, 0.15) is 0 Å². The Balaban J connectivity index is 0.000000887. The number of alkyl halides is 5. The van der Waals surface area contributed by atoms with Gasteiger partial charge in [-0.15, -0.1) is 23.2 Å². The molecule has 0 saturated carbocycles. The molecule has 0 fully saturated rings. The summed E-state index contributed by atoms with van der Waals surface area (Å²) in [5, 5.41) is 9.76. The number of nitrogens with two attached hydrogens (primary N) is 1. The number of anilines is 1. The summed E-state index contributed by atoms with van der Waals surface area (Å²) in [5.41, 5.74) is 6.32. The molecule has 12 heteroatoms. The van der Waals surface area contributed by atoms with Crippen molar-refractivity contribution in [2.45, 2.75) is 6.18 Å². The fraction of sp³-hybridized carbons (Fsp3) is 0.500. The maximum Gasteiger partial charge on any atom is 0.490 e. The van der Waals surface area contributed by atoms with Crippen molar-refractivity contribution in [3.8, 4) is 5.75 Å². The van der Waals surface area contributed by atoms with E-state index in [-0.39, 0.29) is 12.5 Å². The van der Waals surface area contributed by atoms with Crippen molar-refractivity contribution in [1.29, 1.82) is 0 Å². The molecule has 1 amide bonds. The van der Waals surface area contributed by atoms with E-state index in [0.717, 1.165) is 18.8 Å². The van der Waals surface area contributed by atoms with Crippen LogP contribution in [0.4, 0.5) is 18.9 Å². The van der Waals surface area contributed by atoms with Gasteiger partial charge in [-0.3, -0.25) is 4.79 Å². The Bertz CT molecular complexity index is 583. The molecule has 1 aromatic carbocycles. The molecule has 0 unspecified atom stereocenters. The molecule has 0 aromatic heterocycles. The van der Waals surface area contributed by atoms with Crippen LogP contribution in [0.5, 0.6) is 5.75 Å². The summed E-state index contributed by atoms with van der Waals surface area (Å²) in [5.74, 6) is -1.23. The molecule has 0 aliphatic carbocycles. The van der Waals surface area contributed by atoms with Gasteiger partial charge in [-0.05, 0) is 24.3 Å². The van der Waals surface area contributed by atoms with E-state index in [0.29, 0.717) is 30.6 Å². The number of amides is 1. The number of hydrogen-bond acceptors (Lipinski definition) is 5. The number of rotatable bonds is 10. The highest BCUT2D eigenvalue weighted by atomic mass is 35.5. The van der Waals surface area contributed by atoms with Crippen molar-refractivity contribution < 1.29 is 32.6 Å². The number of benzene rings is 1. The maximum atomic E-state index is 11.4. The Labute approximate surface area is 170 Å². The van der Waals surface area contributed by atoms with E-state index in [1.807, 2.05) is 24.3 Å². The van der Waals surface area contributed by atoms with E-state index in [1.165, 1.54) is 0 Å². The summed E-state index contributed by atoms with van der Waals surface area (Å²) in [6, 6.07) is 7.49. The van der Waals surface area contributed by atoms with Crippen molar-refractivity contribution in [1.82, 2.24) is 5.32 Å². The minimum atomic E-state index is -5.08. The number of aliphatic carboxylic acids is 1. The highest BCUT2D eigenvalue weighted by Crippen LogP contribution is 2.19. The topological polar surface area (TPSA) is 105 Å². The second-order valence-electron chi connectivity index (χ2n) is 5.09. The normalized spacial score (nSPS) is 10.5. The molecule has 28 heavy (non-hydrogen) atoms. The number of carbonyl (C=O) groups excluding carboxylic acids is 1. The Kier molecular flexibility index (Phi) is 13.2. The van der Waals surface area contributed by atoms with Crippen LogP contribution in [-0.2, 0) is 9.59 Å². The van der Waals surface area contributed by atoms with Gasteiger partial charge in [0, 0.05) is 43.6 Å². The zero-order valence-corrected chi connectivity index (χ0v) is 16.4. The molecular weight excluding hydrogens is 426 g/mol. The third-order valence-corrected chi connectivity index (χ3v) is 3.33. The van der Waals surface area contributed by atoms with Crippen LogP contribution < -0.4 is 20.7 Å². The highest BCUT2D eigenvalue weighted by Gasteiger charge is 2.38. The van der Waals surface area contributed by atoms with E-state index >= 15 is 0 Å². The van der Waals surface area contributed by atoms with E-state index in [9.17, 15) is 18.0 Å². The lowest BCUT2D eigenvalue weighted by atomic mass is 10.2. The van der Waals surface area contributed by atoms with E-state index < -0.39 is 12.1 Å². The van der Waals surface area contributed by atoms with E-state index in [1.54, 1.807) is 0 Å². The SMILES string of the molecule is NCCNC(=O)COc1ccc(N(CCCl)CCCl)cc1.O=C(O)C(F)(F)F. The zero-order valence-electron chi connectivity index (χ0n) is 14.8. The summed E-state index contributed by atoms with van der Waals surface area (Å²) in [6.07, 6.45) is -5.08. The van der Waals surface area contributed by atoms with Crippen LogP contribution in [0.3, 0.4) is 0 Å². The second kappa shape index (κ2) is 14.1. The standard InChI is InChI=1S/C14H21Cl2N3O2.C2HF3O2/c15-5-9-19(10-6-16)12-1-3-13(4-2-12)21-11-14(20)18-8-7-17;3-2(4,5)1(6)7/h1-4H,5-11,17H2,(H,18,20);(H,6,7). The zero-order chi connectivity index (χ0) is 21.6. The van der Waals surface area contributed by atoms with Gasteiger partial charge in [0.25, 0.3) is 5.91 Å². The average Bonchev–Trinajstić information content (AvgIpc) is 2.64. The van der Waals surface area contributed by atoms with Gasteiger partial charge < -0.3 is 25.8 Å². The monoisotopic (exact) mass is 447 g/mol. The number of carbonyl (C=O) groups is 2. The van der Waals surface area contributed by atoms with Gasteiger partial charge in [-0.25, -0.2) is 4.79 Å². The molecule has 1 rings (SSSR count). The van der Waals surface area contributed by atoms with Crippen LogP contribution in [0.2, 0.25) is 0 Å². The third kappa shape index (κ3) is 11.7. The summed E-state index contributed by atoms with van der Waals surface area (Å²) in [4.78, 5) is 22.4. The second-order valence-corrected chi connectivity index (χ2v) is 5.85. The number of nitrogens with one attached hydrogen (secondary N) is 1. The summed E-state index contributed by atoms with van der Waals surface area (Å²) < 4.78 is 37.1. The summed E-state index contributed by atoms with van der Waals surface area (Å²) in [7, 11) is 0. The van der Waals surface area contributed by atoms with Gasteiger partial charge in [0.05, 0.1) is 0 Å². The third-order valence-electron chi connectivity index (χ3n) is 2.99.